The molecule has 5 N–H and O–H groups in total. The van der Waals surface area contributed by atoms with Crippen molar-refractivity contribution < 1.29 is 10.0 Å². The van der Waals surface area contributed by atoms with Gasteiger partial charge < -0.3 is 16.3 Å². The number of rotatable bonds is 4. The Hall–Kier alpha value is -2.48. The molecule has 0 saturated heterocycles. The Labute approximate surface area is 115 Å². The SMILES string of the molecule is CC(=NNC(N)=S)C(=NO)C(=O)Nc1ccccc1. The zero-order chi connectivity index (χ0) is 14.3. The van der Waals surface area contributed by atoms with Gasteiger partial charge in [-0.25, -0.2) is 0 Å². The summed E-state index contributed by atoms with van der Waals surface area (Å²) < 4.78 is 0. The van der Waals surface area contributed by atoms with Crippen molar-refractivity contribution in [2.75, 3.05) is 5.32 Å². The molecule has 0 aromatic heterocycles. The number of carbonyl (C=O) groups is 1. The number of hydrogen-bond donors (Lipinski definition) is 4. The van der Waals surface area contributed by atoms with Crippen LogP contribution in [0.15, 0.2) is 40.6 Å². The smallest absolute Gasteiger partial charge is 0.279 e. The van der Waals surface area contributed by atoms with Gasteiger partial charge in [0.2, 0.25) is 0 Å². The number of oxime groups is 1. The third kappa shape index (κ3) is 4.72. The summed E-state index contributed by atoms with van der Waals surface area (Å²) in [5, 5.41) is 18.0. The highest BCUT2D eigenvalue weighted by Gasteiger charge is 2.16. The Morgan fingerprint density at radius 2 is 2.00 bits per heavy atom. The fourth-order valence-electron chi connectivity index (χ4n) is 1.19. The van der Waals surface area contributed by atoms with Crippen LogP contribution in [0.25, 0.3) is 0 Å². The number of para-hydroxylation sites is 1. The monoisotopic (exact) mass is 279 g/mol. The minimum absolute atomic E-state index is 0.0555. The Kier molecular flexibility index (Phi) is 5.42. The van der Waals surface area contributed by atoms with Crippen LogP contribution in [0, 0.1) is 0 Å². The number of hydrogen-bond acceptors (Lipinski definition) is 5. The number of nitrogens with zero attached hydrogens (tertiary/aromatic N) is 2. The minimum atomic E-state index is -0.598. The summed E-state index contributed by atoms with van der Waals surface area (Å²) in [5.41, 5.74) is 7.97. The van der Waals surface area contributed by atoms with Crippen LogP contribution in [-0.2, 0) is 4.79 Å². The van der Waals surface area contributed by atoms with Gasteiger partial charge in [-0.3, -0.25) is 10.2 Å². The quantitative estimate of drug-likeness (QED) is 0.280. The topological polar surface area (TPSA) is 112 Å². The number of amides is 1. The summed E-state index contributed by atoms with van der Waals surface area (Å²) >= 11 is 4.56. The van der Waals surface area contributed by atoms with Crippen LogP contribution in [0.4, 0.5) is 5.69 Å². The van der Waals surface area contributed by atoms with Crippen molar-refractivity contribution in [3.05, 3.63) is 30.3 Å². The van der Waals surface area contributed by atoms with Crippen LogP contribution >= 0.6 is 12.2 Å². The molecule has 0 bridgehead atoms. The average molecular weight is 279 g/mol. The van der Waals surface area contributed by atoms with Crippen molar-refractivity contribution in [3.8, 4) is 0 Å². The molecule has 1 aromatic carbocycles. The van der Waals surface area contributed by atoms with E-state index in [9.17, 15) is 4.79 Å². The fraction of sp³-hybridized carbons (Fsp3) is 0.0909. The van der Waals surface area contributed by atoms with E-state index in [0.717, 1.165) is 0 Å². The predicted octanol–water partition coefficient (Wildman–Crippen LogP) is 0.664. The molecule has 8 heteroatoms. The Morgan fingerprint density at radius 3 is 2.53 bits per heavy atom. The first-order chi connectivity index (χ1) is 9.04. The van der Waals surface area contributed by atoms with Gasteiger partial charge in [0.05, 0.1) is 5.71 Å². The van der Waals surface area contributed by atoms with Crippen molar-refractivity contribution in [1.82, 2.24) is 5.43 Å². The molecule has 0 unspecified atom stereocenters. The summed E-state index contributed by atoms with van der Waals surface area (Å²) in [7, 11) is 0. The summed E-state index contributed by atoms with van der Waals surface area (Å²) in [6.07, 6.45) is 0. The Bertz CT molecular complexity index is 527. The second-order valence-corrected chi connectivity index (χ2v) is 3.88. The number of hydrazone groups is 1. The van der Waals surface area contributed by atoms with Crippen molar-refractivity contribution in [3.63, 3.8) is 0 Å². The number of thiocarbonyl (C=S) groups is 1. The minimum Gasteiger partial charge on any atom is -0.410 e. The van der Waals surface area contributed by atoms with E-state index in [1.54, 1.807) is 24.3 Å². The second kappa shape index (κ2) is 7.07. The summed E-state index contributed by atoms with van der Waals surface area (Å²) in [6.45, 7) is 1.48. The summed E-state index contributed by atoms with van der Waals surface area (Å²) in [5.74, 6) is -0.598. The zero-order valence-corrected chi connectivity index (χ0v) is 10.9. The standard InChI is InChI=1S/C11H13N5O2S/c1-7(14-15-11(12)19)9(16-18)10(17)13-8-5-3-2-4-6-8/h2-6,18H,1H3,(H,13,17)(H3,12,15,19). The molecule has 0 radical (unpaired) electrons. The van der Waals surface area contributed by atoms with Gasteiger partial charge >= 0.3 is 0 Å². The summed E-state index contributed by atoms with van der Waals surface area (Å²) in [4.78, 5) is 11.9. The largest absolute Gasteiger partial charge is 0.410 e. The van der Waals surface area contributed by atoms with E-state index in [1.165, 1.54) is 6.92 Å². The maximum atomic E-state index is 11.9. The third-order valence-corrected chi connectivity index (χ3v) is 2.11. The molecule has 0 atom stereocenters. The van der Waals surface area contributed by atoms with Crippen molar-refractivity contribution in [2.24, 2.45) is 16.0 Å². The van der Waals surface area contributed by atoms with Gasteiger partial charge in [0.1, 0.15) is 0 Å². The van der Waals surface area contributed by atoms with Gasteiger partial charge in [0.25, 0.3) is 5.91 Å². The molecule has 0 aliphatic rings. The molecule has 0 spiro atoms. The number of nitrogens with one attached hydrogen (secondary N) is 2. The molecule has 1 aromatic rings. The van der Waals surface area contributed by atoms with Gasteiger partial charge in [0, 0.05) is 5.69 Å². The van der Waals surface area contributed by atoms with Crippen molar-refractivity contribution in [1.29, 1.82) is 0 Å². The maximum Gasteiger partial charge on any atom is 0.279 e. The number of nitrogens with two attached hydrogens (primary N) is 1. The number of benzene rings is 1. The van der Waals surface area contributed by atoms with Crippen LogP contribution in [0.5, 0.6) is 0 Å². The highest BCUT2D eigenvalue weighted by atomic mass is 32.1. The fourth-order valence-corrected chi connectivity index (χ4v) is 1.23. The Balaban J connectivity index is 2.78. The molecular formula is C11H13N5O2S. The average Bonchev–Trinajstić information content (AvgIpc) is 2.38. The van der Waals surface area contributed by atoms with E-state index in [2.05, 4.69) is 33.2 Å². The molecule has 7 nitrogen and oxygen atoms in total. The highest BCUT2D eigenvalue weighted by molar-refractivity contribution is 7.80. The van der Waals surface area contributed by atoms with Gasteiger partial charge in [-0.2, -0.15) is 5.10 Å². The number of anilines is 1. The van der Waals surface area contributed by atoms with Crippen LogP contribution in [0.3, 0.4) is 0 Å². The van der Waals surface area contributed by atoms with E-state index in [1.807, 2.05) is 6.07 Å². The first kappa shape index (κ1) is 14.6. The summed E-state index contributed by atoms with van der Waals surface area (Å²) in [6, 6.07) is 8.75. The molecule has 0 saturated carbocycles. The second-order valence-electron chi connectivity index (χ2n) is 3.44. The van der Waals surface area contributed by atoms with E-state index in [4.69, 9.17) is 10.9 Å². The molecule has 0 heterocycles. The molecule has 1 amide bonds. The molecule has 100 valence electrons. The van der Waals surface area contributed by atoms with Gasteiger partial charge in [-0.15, -0.1) is 0 Å². The predicted molar refractivity (Wildman–Crippen MR) is 77.3 cm³/mol. The van der Waals surface area contributed by atoms with Gasteiger partial charge in [-0.1, -0.05) is 23.4 Å². The lowest BCUT2D eigenvalue weighted by Gasteiger charge is -2.06. The van der Waals surface area contributed by atoms with E-state index < -0.39 is 5.91 Å². The first-order valence-electron chi connectivity index (χ1n) is 5.23. The van der Waals surface area contributed by atoms with Crippen LogP contribution in [0.1, 0.15) is 6.92 Å². The lowest BCUT2D eigenvalue weighted by atomic mass is 10.2. The highest BCUT2D eigenvalue weighted by Crippen LogP contribution is 2.05. The first-order valence-corrected chi connectivity index (χ1v) is 5.64. The Morgan fingerprint density at radius 1 is 1.37 bits per heavy atom. The van der Waals surface area contributed by atoms with Crippen molar-refractivity contribution in [2.45, 2.75) is 6.92 Å². The van der Waals surface area contributed by atoms with E-state index >= 15 is 0 Å². The van der Waals surface area contributed by atoms with Crippen molar-refractivity contribution >= 4 is 40.3 Å². The molecular weight excluding hydrogens is 266 g/mol. The third-order valence-electron chi connectivity index (χ3n) is 2.02. The lowest BCUT2D eigenvalue weighted by Crippen LogP contribution is -2.32. The van der Waals surface area contributed by atoms with Crippen LogP contribution in [-0.4, -0.2) is 27.7 Å². The lowest BCUT2D eigenvalue weighted by molar-refractivity contribution is -0.110. The molecule has 0 fully saturated rings. The molecule has 1 rings (SSSR count). The zero-order valence-electron chi connectivity index (χ0n) is 10.1. The molecule has 0 aliphatic carbocycles. The van der Waals surface area contributed by atoms with Gasteiger partial charge in [-0.05, 0) is 31.3 Å². The molecule has 0 aliphatic heterocycles. The molecule has 19 heavy (non-hydrogen) atoms. The van der Waals surface area contributed by atoms with Gasteiger partial charge in [0.15, 0.2) is 10.8 Å². The van der Waals surface area contributed by atoms with E-state index in [-0.39, 0.29) is 16.5 Å². The van der Waals surface area contributed by atoms with Crippen LogP contribution < -0.4 is 16.5 Å². The normalized spacial score (nSPS) is 11.8. The number of carbonyl (C=O) groups excluding carboxylic acids is 1. The maximum absolute atomic E-state index is 11.9. The van der Waals surface area contributed by atoms with Crippen LogP contribution in [0.2, 0.25) is 0 Å². The van der Waals surface area contributed by atoms with E-state index in [0.29, 0.717) is 5.69 Å².